The maximum absolute atomic E-state index is 12.1. The van der Waals surface area contributed by atoms with E-state index < -0.39 is 11.5 Å². The lowest BCUT2D eigenvalue weighted by molar-refractivity contribution is 0.0953. The highest BCUT2D eigenvalue weighted by Gasteiger charge is 2.20. The maximum atomic E-state index is 12.1. The minimum Gasteiger partial charge on any atom is -0.506 e. The van der Waals surface area contributed by atoms with Gasteiger partial charge in [0.05, 0.1) is 5.52 Å². The average molecular weight is 258 g/mol. The molecule has 5 nitrogen and oxygen atoms in total. The Kier molecular flexibility index (Phi) is 3.37. The van der Waals surface area contributed by atoms with Crippen molar-refractivity contribution >= 4 is 16.8 Å². The number of aryl methyl sites for hydroxylation is 1. The number of para-hydroxylation sites is 1. The van der Waals surface area contributed by atoms with Crippen LogP contribution in [-0.4, -0.2) is 22.1 Å². The molecule has 0 aliphatic heterocycles. The summed E-state index contributed by atoms with van der Waals surface area (Å²) >= 11 is 0. The van der Waals surface area contributed by atoms with Crippen LogP contribution in [0, 0.1) is 0 Å². The van der Waals surface area contributed by atoms with E-state index in [1.165, 1.54) is 10.6 Å². The molecule has 0 aliphatic carbocycles. The van der Waals surface area contributed by atoms with Crippen LogP contribution in [0.5, 0.6) is 5.75 Å². The zero-order chi connectivity index (χ0) is 14.0. The fourth-order valence-corrected chi connectivity index (χ4v) is 1.94. The highest BCUT2D eigenvalue weighted by atomic mass is 16.3. The van der Waals surface area contributed by atoms with Crippen LogP contribution in [0.2, 0.25) is 0 Å². The number of aromatic hydroxyl groups is 1. The highest BCUT2D eigenvalue weighted by molar-refractivity contribution is 6.02. The largest absolute Gasteiger partial charge is 0.506 e. The molecule has 0 fully saturated rings. The molecule has 2 N–H and O–H groups in total. The van der Waals surface area contributed by atoms with Gasteiger partial charge in [-0.2, -0.15) is 0 Å². The van der Waals surface area contributed by atoms with Crippen molar-refractivity contribution < 1.29 is 9.90 Å². The van der Waals surface area contributed by atoms with Gasteiger partial charge < -0.3 is 15.0 Å². The molecular weight excluding hydrogens is 244 g/mol. The van der Waals surface area contributed by atoms with E-state index in [0.29, 0.717) is 10.9 Å². The van der Waals surface area contributed by atoms with Crippen molar-refractivity contribution in [2.45, 2.75) is 0 Å². The Hall–Kier alpha value is -2.56. The molecule has 0 atom stereocenters. The van der Waals surface area contributed by atoms with Crippen LogP contribution >= 0.6 is 0 Å². The minimum atomic E-state index is -0.608. The van der Waals surface area contributed by atoms with Gasteiger partial charge in [0.1, 0.15) is 11.3 Å². The van der Waals surface area contributed by atoms with Gasteiger partial charge in [-0.15, -0.1) is 6.58 Å². The first-order chi connectivity index (χ1) is 9.07. The van der Waals surface area contributed by atoms with Gasteiger partial charge >= 0.3 is 0 Å². The number of nitrogens with zero attached hydrogens (tertiary/aromatic N) is 1. The number of nitrogens with one attached hydrogen (secondary N) is 1. The second-order valence-corrected chi connectivity index (χ2v) is 4.10. The molecule has 19 heavy (non-hydrogen) atoms. The first-order valence-corrected chi connectivity index (χ1v) is 5.77. The molecule has 1 heterocycles. The summed E-state index contributed by atoms with van der Waals surface area (Å²) < 4.78 is 1.35. The van der Waals surface area contributed by atoms with Crippen LogP contribution in [-0.2, 0) is 7.05 Å². The molecule has 98 valence electrons. The Labute approximate surface area is 109 Å². The number of carbonyl (C=O) groups is 1. The number of hydrogen-bond donors (Lipinski definition) is 2. The summed E-state index contributed by atoms with van der Waals surface area (Å²) in [7, 11) is 1.56. The standard InChI is InChI=1S/C14H14N2O3/c1-3-8-15-13(18)11-12(17)9-6-4-5-7-10(9)16(2)14(11)19/h3-7,17H,1,8H2,2H3,(H,15,18). The van der Waals surface area contributed by atoms with Crippen molar-refractivity contribution in [3.63, 3.8) is 0 Å². The molecule has 0 spiro atoms. The fourth-order valence-electron chi connectivity index (χ4n) is 1.94. The molecule has 2 rings (SSSR count). The van der Waals surface area contributed by atoms with E-state index in [1.54, 1.807) is 31.3 Å². The SMILES string of the molecule is C=CCNC(=O)c1c(O)c2ccccc2n(C)c1=O. The Balaban J connectivity index is 2.71. The van der Waals surface area contributed by atoms with Crippen LogP contribution in [0.4, 0.5) is 0 Å². The Morgan fingerprint density at radius 3 is 2.84 bits per heavy atom. The van der Waals surface area contributed by atoms with Crippen molar-refractivity contribution in [2.24, 2.45) is 7.05 Å². The lowest BCUT2D eigenvalue weighted by Crippen LogP contribution is -2.32. The van der Waals surface area contributed by atoms with E-state index >= 15 is 0 Å². The summed E-state index contributed by atoms with van der Waals surface area (Å²) in [5.74, 6) is -0.899. The number of hydrogen-bond acceptors (Lipinski definition) is 3. The fraction of sp³-hybridized carbons (Fsp3) is 0.143. The Morgan fingerprint density at radius 2 is 2.16 bits per heavy atom. The van der Waals surface area contributed by atoms with Crippen LogP contribution in [0.1, 0.15) is 10.4 Å². The maximum Gasteiger partial charge on any atom is 0.267 e. The van der Waals surface area contributed by atoms with Gasteiger partial charge in [-0.1, -0.05) is 18.2 Å². The lowest BCUT2D eigenvalue weighted by Gasteiger charge is -2.11. The summed E-state index contributed by atoms with van der Waals surface area (Å²) in [6.07, 6.45) is 1.50. The number of pyridine rings is 1. The zero-order valence-electron chi connectivity index (χ0n) is 10.5. The van der Waals surface area contributed by atoms with E-state index in [1.807, 2.05) is 0 Å². The second-order valence-electron chi connectivity index (χ2n) is 4.10. The number of aromatic nitrogens is 1. The second kappa shape index (κ2) is 4.97. The highest BCUT2D eigenvalue weighted by Crippen LogP contribution is 2.25. The molecule has 2 aromatic rings. The third-order valence-electron chi connectivity index (χ3n) is 2.91. The average Bonchev–Trinajstić information content (AvgIpc) is 2.43. The monoisotopic (exact) mass is 258 g/mol. The third kappa shape index (κ3) is 2.10. The molecular formula is C14H14N2O3. The molecule has 0 saturated carbocycles. The van der Waals surface area contributed by atoms with Crippen molar-refractivity contribution in [2.75, 3.05) is 6.54 Å². The van der Waals surface area contributed by atoms with Gasteiger partial charge in [-0.3, -0.25) is 9.59 Å². The quantitative estimate of drug-likeness (QED) is 0.811. The summed E-state index contributed by atoms with van der Waals surface area (Å²) in [6.45, 7) is 3.71. The van der Waals surface area contributed by atoms with Crippen LogP contribution in [0.15, 0.2) is 41.7 Å². The van der Waals surface area contributed by atoms with Crippen molar-refractivity contribution in [1.82, 2.24) is 9.88 Å². The normalized spacial score (nSPS) is 10.4. The van der Waals surface area contributed by atoms with E-state index in [9.17, 15) is 14.7 Å². The summed E-state index contributed by atoms with van der Waals surface area (Å²) in [4.78, 5) is 24.0. The number of rotatable bonds is 3. The molecule has 0 saturated heterocycles. The lowest BCUT2D eigenvalue weighted by atomic mass is 10.1. The minimum absolute atomic E-state index is 0.230. The summed E-state index contributed by atoms with van der Waals surface area (Å²) in [5.41, 5.74) is -0.203. The summed E-state index contributed by atoms with van der Waals surface area (Å²) in [5, 5.41) is 13.1. The Bertz CT molecular complexity index is 716. The molecule has 0 bridgehead atoms. The molecule has 0 aliphatic rings. The van der Waals surface area contributed by atoms with Gasteiger partial charge in [0.15, 0.2) is 0 Å². The van der Waals surface area contributed by atoms with Gasteiger partial charge in [-0.05, 0) is 12.1 Å². The number of amides is 1. The first kappa shape index (κ1) is 12.9. The Morgan fingerprint density at radius 1 is 1.47 bits per heavy atom. The molecule has 1 aromatic heterocycles. The van der Waals surface area contributed by atoms with Crippen molar-refractivity contribution in [3.05, 3.63) is 52.8 Å². The number of benzene rings is 1. The predicted molar refractivity (Wildman–Crippen MR) is 73.4 cm³/mol. The number of fused-ring (bicyclic) bond motifs is 1. The van der Waals surface area contributed by atoms with Crippen LogP contribution in [0.3, 0.4) is 0 Å². The molecule has 0 unspecified atom stereocenters. The van der Waals surface area contributed by atoms with E-state index in [2.05, 4.69) is 11.9 Å². The van der Waals surface area contributed by atoms with Crippen molar-refractivity contribution in [3.8, 4) is 5.75 Å². The molecule has 0 radical (unpaired) electrons. The van der Waals surface area contributed by atoms with E-state index in [-0.39, 0.29) is 17.9 Å². The van der Waals surface area contributed by atoms with Crippen LogP contribution in [0.25, 0.3) is 10.9 Å². The predicted octanol–water partition coefficient (Wildman–Crippen LogP) is 1.16. The van der Waals surface area contributed by atoms with Gasteiger partial charge in [0.2, 0.25) is 0 Å². The molecule has 1 amide bonds. The first-order valence-electron chi connectivity index (χ1n) is 5.77. The third-order valence-corrected chi connectivity index (χ3v) is 2.91. The smallest absolute Gasteiger partial charge is 0.267 e. The number of carbonyl (C=O) groups excluding carboxylic acids is 1. The van der Waals surface area contributed by atoms with Crippen LogP contribution < -0.4 is 10.9 Å². The molecule has 5 heteroatoms. The summed E-state index contributed by atoms with van der Waals surface area (Å²) in [6, 6.07) is 6.87. The van der Waals surface area contributed by atoms with E-state index in [0.717, 1.165) is 0 Å². The topological polar surface area (TPSA) is 71.3 Å². The van der Waals surface area contributed by atoms with Gasteiger partial charge in [0.25, 0.3) is 11.5 Å². The van der Waals surface area contributed by atoms with Crippen molar-refractivity contribution in [1.29, 1.82) is 0 Å². The zero-order valence-corrected chi connectivity index (χ0v) is 10.5. The van der Waals surface area contributed by atoms with Gasteiger partial charge in [-0.25, -0.2) is 0 Å². The molecule has 1 aromatic carbocycles. The van der Waals surface area contributed by atoms with Gasteiger partial charge in [0, 0.05) is 19.0 Å². The van der Waals surface area contributed by atoms with E-state index in [4.69, 9.17) is 0 Å².